The number of nitrogens with one attached hydrogen (secondary N) is 2. The summed E-state index contributed by atoms with van der Waals surface area (Å²) in [6.07, 6.45) is 1.08. The fourth-order valence-electron chi connectivity index (χ4n) is 1.46. The minimum absolute atomic E-state index is 0.399. The lowest BCUT2D eigenvalue weighted by Crippen LogP contribution is -2.42. The lowest BCUT2D eigenvalue weighted by Gasteiger charge is -2.15. The number of carbonyl (C=O) groups is 2. The van der Waals surface area contributed by atoms with Crippen molar-refractivity contribution in [1.82, 2.24) is 5.32 Å². The lowest BCUT2D eigenvalue weighted by molar-refractivity contribution is -0.139. The molecule has 0 unspecified atom stereocenters. The van der Waals surface area contributed by atoms with Crippen molar-refractivity contribution in [2.45, 2.75) is 25.8 Å². The smallest absolute Gasteiger partial charge is 0.326 e. The van der Waals surface area contributed by atoms with Gasteiger partial charge in [0.05, 0.1) is 5.69 Å². The maximum atomic E-state index is 11.8. The summed E-state index contributed by atoms with van der Waals surface area (Å²) >= 11 is 5.45. The topological polar surface area (TPSA) is 78.4 Å². The summed E-state index contributed by atoms with van der Waals surface area (Å²) < 4.78 is 1.71. The second kappa shape index (κ2) is 7.68. The second-order valence-electron chi connectivity index (χ2n) is 3.90. The molecule has 0 bridgehead atoms. The first-order valence-electron chi connectivity index (χ1n) is 5.69. The normalized spacial score (nSPS) is 11.7. The molecule has 5 nitrogen and oxygen atoms in total. The summed E-state index contributed by atoms with van der Waals surface area (Å²) in [5.74, 6) is -1.03. The van der Waals surface area contributed by atoms with Crippen LogP contribution in [-0.2, 0) is 4.79 Å². The Bertz CT molecular complexity index is 482. The van der Waals surface area contributed by atoms with E-state index >= 15 is 0 Å². The van der Waals surface area contributed by atoms with Crippen LogP contribution in [0.5, 0.6) is 0 Å². The van der Waals surface area contributed by atoms with E-state index in [9.17, 15) is 9.59 Å². The van der Waals surface area contributed by atoms with Crippen molar-refractivity contribution in [3.05, 3.63) is 26.2 Å². The molecule has 1 aromatic carbocycles. The largest absolute Gasteiger partial charge is 0.480 e. The Morgan fingerprint density at radius 1 is 1.47 bits per heavy atom. The molecule has 7 heteroatoms. The molecule has 19 heavy (non-hydrogen) atoms. The van der Waals surface area contributed by atoms with Crippen molar-refractivity contribution >= 4 is 56.2 Å². The number of aliphatic carboxylic acids is 1. The zero-order chi connectivity index (χ0) is 14.4. The van der Waals surface area contributed by atoms with Crippen molar-refractivity contribution in [3.8, 4) is 0 Å². The molecule has 0 saturated carbocycles. The molecule has 0 aromatic heterocycles. The van der Waals surface area contributed by atoms with Crippen LogP contribution in [0.4, 0.5) is 10.5 Å². The first-order valence-corrected chi connectivity index (χ1v) is 7.56. The van der Waals surface area contributed by atoms with Crippen molar-refractivity contribution in [2.24, 2.45) is 0 Å². The van der Waals surface area contributed by atoms with E-state index in [2.05, 4.69) is 49.2 Å². The molecule has 104 valence electrons. The number of benzene rings is 1. The van der Waals surface area contributed by atoms with E-state index in [4.69, 9.17) is 5.11 Å². The maximum Gasteiger partial charge on any atom is 0.326 e. The van der Waals surface area contributed by atoms with Crippen LogP contribution < -0.4 is 10.6 Å². The SMILES string of the molecule is CCC[C@@H](NC(=O)Nc1cc(I)ccc1Br)C(=O)O. The monoisotopic (exact) mass is 440 g/mol. The Morgan fingerprint density at radius 3 is 2.74 bits per heavy atom. The predicted molar refractivity (Wildman–Crippen MR) is 85.3 cm³/mol. The van der Waals surface area contributed by atoms with Gasteiger partial charge in [0.1, 0.15) is 6.04 Å². The van der Waals surface area contributed by atoms with Crippen molar-refractivity contribution in [1.29, 1.82) is 0 Å². The van der Waals surface area contributed by atoms with E-state index in [1.807, 2.05) is 19.1 Å². The van der Waals surface area contributed by atoms with Gasteiger partial charge in [-0.25, -0.2) is 9.59 Å². The van der Waals surface area contributed by atoms with E-state index < -0.39 is 18.0 Å². The number of carboxylic acid groups (broad SMARTS) is 1. The molecule has 1 aromatic rings. The molecule has 1 rings (SSSR count). The van der Waals surface area contributed by atoms with E-state index in [0.717, 1.165) is 8.04 Å². The quantitative estimate of drug-likeness (QED) is 0.614. The molecule has 2 amide bonds. The number of urea groups is 1. The third kappa shape index (κ3) is 5.35. The van der Waals surface area contributed by atoms with Gasteiger partial charge in [-0.15, -0.1) is 0 Å². The first-order chi connectivity index (χ1) is 8.93. The highest BCUT2D eigenvalue weighted by Gasteiger charge is 2.19. The molecule has 0 saturated heterocycles. The van der Waals surface area contributed by atoms with Gasteiger partial charge in [0, 0.05) is 8.04 Å². The summed E-state index contributed by atoms with van der Waals surface area (Å²) in [5, 5.41) is 14.0. The first kappa shape index (κ1) is 16.2. The molecule has 0 aliphatic rings. The number of carbonyl (C=O) groups excluding carboxylic acids is 1. The van der Waals surface area contributed by atoms with Crippen LogP contribution in [0.1, 0.15) is 19.8 Å². The summed E-state index contributed by atoms with van der Waals surface area (Å²) in [7, 11) is 0. The van der Waals surface area contributed by atoms with Gasteiger partial charge in [-0.3, -0.25) is 0 Å². The van der Waals surface area contributed by atoms with Gasteiger partial charge in [-0.1, -0.05) is 13.3 Å². The number of hydrogen-bond donors (Lipinski definition) is 3. The Morgan fingerprint density at radius 2 is 2.16 bits per heavy atom. The molecule has 1 atom stereocenters. The van der Waals surface area contributed by atoms with Crippen LogP contribution in [0.2, 0.25) is 0 Å². The molecule has 0 aliphatic heterocycles. The highest BCUT2D eigenvalue weighted by Crippen LogP contribution is 2.24. The number of anilines is 1. The molecule has 3 N–H and O–H groups in total. The molecule has 0 radical (unpaired) electrons. The zero-order valence-corrected chi connectivity index (χ0v) is 14.0. The number of carboxylic acids is 1. The Balaban J connectivity index is 2.68. The minimum atomic E-state index is -1.03. The maximum absolute atomic E-state index is 11.8. The summed E-state index contributed by atoms with van der Waals surface area (Å²) in [6, 6.07) is 4.11. The van der Waals surface area contributed by atoms with Gasteiger partial charge in [-0.2, -0.15) is 0 Å². The Labute approximate surface area is 133 Å². The van der Waals surface area contributed by atoms with Crippen molar-refractivity contribution < 1.29 is 14.7 Å². The molecule has 0 aliphatic carbocycles. The van der Waals surface area contributed by atoms with Gasteiger partial charge in [0.2, 0.25) is 0 Å². The average molecular weight is 441 g/mol. The van der Waals surface area contributed by atoms with E-state index in [-0.39, 0.29) is 0 Å². The summed E-state index contributed by atoms with van der Waals surface area (Å²) in [4.78, 5) is 22.7. The number of rotatable bonds is 5. The Kier molecular flexibility index (Phi) is 6.56. The summed E-state index contributed by atoms with van der Waals surface area (Å²) in [6.45, 7) is 1.87. The Hall–Kier alpha value is -0.830. The van der Waals surface area contributed by atoms with Crippen molar-refractivity contribution in [2.75, 3.05) is 5.32 Å². The van der Waals surface area contributed by atoms with Crippen LogP contribution in [0, 0.1) is 3.57 Å². The number of halogens is 2. The predicted octanol–water partition coefficient (Wildman–Crippen LogP) is 3.43. The van der Waals surface area contributed by atoms with Crippen LogP contribution >= 0.6 is 38.5 Å². The zero-order valence-electron chi connectivity index (χ0n) is 10.2. The third-order valence-electron chi connectivity index (χ3n) is 2.36. The molecule has 0 fully saturated rings. The highest BCUT2D eigenvalue weighted by atomic mass is 127. The van der Waals surface area contributed by atoms with Crippen molar-refractivity contribution in [3.63, 3.8) is 0 Å². The van der Waals surface area contributed by atoms with Gasteiger partial charge >= 0.3 is 12.0 Å². The molecular formula is C12H14BrIN2O3. The molecule has 0 heterocycles. The fraction of sp³-hybridized carbons (Fsp3) is 0.333. The number of amides is 2. The van der Waals surface area contributed by atoms with Gasteiger partial charge in [0.15, 0.2) is 0 Å². The summed E-state index contributed by atoms with van der Waals surface area (Å²) in [5.41, 5.74) is 0.602. The van der Waals surface area contributed by atoms with Gasteiger partial charge < -0.3 is 15.7 Å². The van der Waals surface area contributed by atoms with Crippen LogP contribution in [-0.4, -0.2) is 23.1 Å². The minimum Gasteiger partial charge on any atom is -0.480 e. The highest BCUT2D eigenvalue weighted by molar-refractivity contribution is 14.1. The van der Waals surface area contributed by atoms with Crippen LogP contribution in [0.3, 0.4) is 0 Å². The van der Waals surface area contributed by atoms with E-state index in [1.165, 1.54) is 0 Å². The van der Waals surface area contributed by atoms with E-state index in [0.29, 0.717) is 18.5 Å². The molecular weight excluding hydrogens is 427 g/mol. The standard InChI is InChI=1S/C12H14BrIN2O3/c1-2-3-9(11(17)18)15-12(19)16-10-6-7(14)4-5-8(10)13/h4-6,9H,2-3H2,1H3,(H,17,18)(H2,15,16,19)/t9-/m1/s1. The fourth-order valence-corrected chi connectivity index (χ4v) is 2.29. The van der Waals surface area contributed by atoms with Crippen LogP contribution in [0.25, 0.3) is 0 Å². The average Bonchev–Trinajstić information content (AvgIpc) is 2.33. The number of hydrogen-bond acceptors (Lipinski definition) is 2. The molecule has 0 spiro atoms. The lowest BCUT2D eigenvalue weighted by atomic mass is 10.2. The third-order valence-corrected chi connectivity index (χ3v) is 3.72. The second-order valence-corrected chi connectivity index (χ2v) is 6.00. The van der Waals surface area contributed by atoms with Gasteiger partial charge in [0.25, 0.3) is 0 Å². The van der Waals surface area contributed by atoms with Crippen LogP contribution in [0.15, 0.2) is 22.7 Å². The van der Waals surface area contributed by atoms with E-state index in [1.54, 1.807) is 6.07 Å². The van der Waals surface area contributed by atoms with Gasteiger partial charge in [-0.05, 0) is 63.1 Å².